The van der Waals surface area contributed by atoms with Crippen LogP contribution < -0.4 is 5.32 Å². The van der Waals surface area contributed by atoms with Crippen molar-refractivity contribution < 1.29 is 22.8 Å². The number of fused-ring (bicyclic) bond motifs is 5. The molecule has 3 saturated carbocycles. The Bertz CT molecular complexity index is 1050. The van der Waals surface area contributed by atoms with E-state index >= 15 is 0 Å². The lowest BCUT2D eigenvalue weighted by molar-refractivity contribution is -0.137. The molecule has 1 aromatic carbocycles. The molecule has 3 nitrogen and oxygen atoms in total. The topological polar surface area (TPSA) is 46.2 Å². The molecule has 0 aliphatic heterocycles. The molecular weight excluding hydrogens is 439 g/mol. The molecule has 3 fully saturated rings. The van der Waals surface area contributed by atoms with Gasteiger partial charge in [-0.2, -0.15) is 13.2 Å². The fourth-order valence-electron chi connectivity index (χ4n) is 8.39. The normalized spacial score (nSPS) is 39.5. The third kappa shape index (κ3) is 3.54. The van der Waals surface area contributed by atoms with Crippen LogP contribution in [0.15, 0.2) is 35.9 Å². The minimum atomic E-state index is -4.51. The van der Waals surface area contributed by atoms with E-state index in [1.165, 1.54) is 23.8 Å². The molecule has 5 rings (SSSR count). The number of alkyl halides is 3. The van der Waals surface area contributed by atoms with Crippen molar-refractivity contribution in [1.82, 2.24) is 0 Å². The number of allylic oxidation sites excluding steroid dienone is 1. The van der Waals surface area contributed by atoms with Crippen molar-refractivity contribution in [2.45, 2.75) is 71.9 Å². The van der Waals surface area contributed by atoms with Crippen molar-refractivity contribution in [1.29, 1.82) is 0 Å². The van der Waals surface area contributed by atoms with E-state index in [4.69, 9.17) is 0 Å². The Kier molecular flexibility index (Phi) is 5.53. The van der Waals surface area contributed by atoms with Crippen LogP contribution in [0.3, 0.4) is 0 Å². The summed E-state index contributed by atoms with van der Waals surface area (Å²) >= 11 is 0. The zero-order valence-corrected chi connectivity index (χ0v) is 20.2. The van der Waals surface area contributed by atoms with E-state index in [-0.39, 0.29) is 34.1 Å². The number of nitrogens with one attached hydrogen (secondary N) is 1. The van der Waals surface area contributed by atoms with E-state index in [9.17, 15) is 22.8 Å². The molecule has 1 unspecified atom stereocenters. The summed E-state index contributed by atoms with van der Waals surface area (Å²) in [6.07, 6.45) is 3.43. The third-order valence-electron chi connectivity index (χ3n) is 10.1. The minimum Gasteiger partial charge on any atom is -0.325 e. The summed E-state index contributed by atoms with van der Waals surface area (Å²) in [5.41, 5.74) is 0.206. The summed E-state index contributed by atoms with van der Waals surface area (Å²) in [4.78, 5) is 25.5. The number of hydrogen-bond donors (Lipinski definition) is 1. The summed E-state index contributed by atoms with van der Waals surface area (Å²) in [5, 5.41) is 2.65. The molecule has 0 radical (unpaired) electrons. The second-order valence-electron chi connectivity index (χ2n) is 11.7. The molecule has 4 aliphatic rings. The van der Waals surface area contributed by atoms with Crippen molar-refractivity contribution in [3.8, 4) is 0 Å². The lowest BCUT2D eigenvalue weighted by atomic mass is 9.44. The van der Waals surface area contributed by atoms with Gasteiger partial charge in [-0.3, -0.25) is 9.59 Å². The molecule has 0 spiro atoms. The van der Waals surface area contributed by atoms with Crippen molar-refractivity contribution in [2.75, 3.05) is 5.32 Å². The average Bonchev–Trinajstić information content (AvgIpc) is 3.12. The highest BCUT2D eigenvalue weighted by Crippen LogP contribution is 2.67. The smallest absolute Gasteiger partial charge is 0.325 e. The molecule has 0 bridgehead atoms. The van der Waals surface area contributed by atoms with Crippen LogP contribution in [0.2, 0.25) is 0 Å². The molecule has 0 heterocycles. The number of rotatable bonds is 2. The third-order valence-corrected chi connectivity index (χ3v) is 10.1. The second-order valence-corrected chi connectivity index (χ2v) is 11.7. The van der Waals surface area contributed by atoms with Gasteiger partial charge < -0.3 is 5.32 Å². The molecule has 1 amide bonds. The van der Waals surface area contributed by atoms with Gasteiger partial charge in [-0.25, -0.2) is 0 Å². The molecular formula is C28H34F3NO2. The number of hydrogen-bond acceptors (Lipinski definition) is 2. The highest BCUT2D eigenvalue weighted by Gasteiger charge is 2.61. The molecule has 4 aliphatic carbocycles. The van der Waals surface area contributed by atoms with Crippen LogP contribution in [0.4, 0.5) is 18.9 Å². The average molecular weight is 474 g/mol. The number of para-hydroxylation sites is 1. The van der Waals surface area contributed by atoms with Crippen molar-refractivity contribution in [3.63, 3.8) is 0 Å². The van der Waals surface area contributed by atoms with Crippen LogP contribution in [-0.4, -0.2) is 11.7 Å². The first-order valence-electron chi connectivity index (χ1n) is 12.7. The van der Waals surface area contributed by atoms with Crippen LogP contribution in [0.25, 0.3) is 0 Å². The molecule has 1 aromatic rings. The van der Waals surface area contributed by atoms with E-state index < -0.39 is 11.7 Å². The first kappa shape index (κ1) is 23.6. The van der Waals surface area contributed by atoms with Crippen LogP contribution >= 0.6 is 0 Å². The van der Waals surface area contributed by atoms with Gasteiger partial charge in [0, 0.05) is 12.3 Å². The van der Waals surface area contributed by atoms with Crippen LogP contribution in [0.5, 0.6) is 0 Å². The van der Waals surface area contributed by atoms with Gasteiger partial charge in [-0.15, -0.1) is 0 Å². The maximum Gasteiger partial charge on any atom is 0.418 e. The highest BCUT2D eigenvalue weighted by atomic mass is 19.4. The zero-order valence-electron chi connectivity index (χ0n) is 20.2. The summed E-state index contributed by atoms with van der Waals surface area (Å²) in [5.74, 6) is 1.48. The molecule has 34 heavy (non-hydrogen) atoms. The Balaban J connectivity index is 1.40. The standard InChI is InChI=1S/C28H34F3NO2/c1-16-14-17-15-18(33)10-12-26(17,2)21-11-13-27(3)20(24(16)21)8-9-22(27)25(34)32-23-7-5-4-6-19(23)28(29,30)31/h4-7,15-16,20-22,24H,8-14H2,1-3H3,(H,32,34)/t16?,20-,21-,22+,24-,26-,27-/m0/s1. The van der Waals surface area contributed by atoms with Gasteiger partial charge >= 0.3 is 6.18 Å². The number of benzene rings is 1. The Labute approximate surface area is 199 Å². The Morgan fingerprint density at radius 3 is 2.53 bits per heavy atom. The zero-order chi connectivity index (χ0) is 24.5. The number of anilines is 1. The fourth-order valence-corrected chi connectivity index (χ4v) is 8.39. The molecule has 1 N–H and O–H groups in total. The summed E-state index contributed by atoms with van der Waals surface area (Å²) in [6.45, 7) is 6.83. The number of halogens is 3. The van der Waals surface area contributed by atoms with Crippen LogP contribution in [0, 0.1) is 40.4 Å². The summed E-state index contributed by atoms with van der Waals surface area (Å²) in [7, 11) is 0. The monoisotopic (exact) mass is 473 g/mol. The predicted octanol–water partition coefficient (Wildman–Crippen LogP) is 7.04. The molecule has 7 atom stereocenters. The largest absolute Gasteiger partial charge is 0.418 e. The maximum absolute atomic E-state index is 13.5. The second kappa shape index (κ2) is 7.96. The minimum absolute atomic E-state index is 0.0540. The Morgan fingerprint density at radius 1 is 1.06 bits per heavy atom. The van der Waals surface area contributed by atoms with E-state index in [1.54, 1.807) is 0 Å². The maximum atomic E-state index is 13.5. The van der Waals surface area contributed by atoms with Crippen molar-refractivity contribution in [3.05, 3.63) is 41.5 Å². The van der Waals surface area contributed by atoms with Gasteiger partial charge in [0.15, 0.2) is 5.78 Å². The first-order valence-corrected chi connectivity index (χ1v) is 12.7. The first-order chi connectivity index (χ1) is 15.9. The number of carbonyl (C=O) groups excluding carboxylic acids is 2. The van der Waals surface area contributed by atoms with Gasteiger partial charge in [0.2, 0.25) is 5.91 Å². The molecule has 6 heteroatoms. The van der Waals surface area contributed by atoms with E-state index in [0.29, 0.717) is 30.1 Å². The van der Waals surface area contributed by atoms with Crippen LogP contribution in [-0.2, 0) is 15.8 Å². The van der Waals surface area contributed by atoms with Gasteiger partial charge in [0.05, 0.1) is 11.3 Å². The molecule has 0 saturated heterocycles. The van der Waals surface area contributed by atoms with Gasteiger partial charge in [-0.1, -0.05) is 38.5 Å². The quantitative estimate of drug-likeness (QED) is 0.501. The van der Waals surface area contributed by atoms with E-state index in [0.717, 1.165) is 44.6 Å². The fraction of sp³-hybridized carbons (Fsp3) is 0.643. The summed E-state index contributed by atoms with van der Waals surface area (Å²) in [6, 6.07) is 5.23. The lowest BCUT2D eigenvalue weighted by Gasteiger charge is -2.60. The predicted molar refractivity (Wildman–Crippen MR) is 125 cm³/mol. The van der Waals surface area contributed by atoms with Crippen LogP contribution in [0.1, 0.15) is 71.3 Å². The molecule has 184 valence electrons. The van der Waals surface area contributed by atoms with Gasteiger partial charge in [0.25, 0.3) is 0 Å². The van der Waals surface area contributed by atoms with Gasteiger partial charge in [-0.05, 0) is 91.2 Å². The van der Waals surface area contributed by atoms with E-state index in [1.807, 2.05) is 6.08 Å². The van der Waals surface area contributed by atoms with E-state index in [2.05, 4.69) is 26.1 Å². The van der Waals surface area contributed by atoms with Crippen molar-refractivity contribution >= 4 is 17.4 Å². The number of amides is 1. The van der Waals surface area contributed by atoms with Crippen molar-refractivity contribution in [2.24, 2.45) is 40.4 Å². The Morgan fingerprint density at radius 2 is 1.79 bits per heavy atom. The van der Waals surface area contributed by atoms with Gasteiger partial charge in [0.1, 0.15) is 0 Å². The Hall–Kier alpha value is -2.11. The lowest BCUT2D eigenvalue weighted by Crippen LogP contribution is -2.54. The SMILES string of the molecule is CC1CC2=CC(=O)CC[C@]2(C)[C@H]2CC[C@]3(C)[C@@H](C(=O)Nc4ccccc4C(F)(F)F)CC[C@H]3[C@H]12. The summed E-state index contributed by atoms with van der Waals surface area (Å²) < 4.78 is 40.4. The number of ketones is 1. The highest BCUT2D eigenvalue weighted by molar-refractivity contribution is 5.94. The number of carbonyl (C=O) groups is 2. The molecule has 0 aromatic heterocycles.